The third-order valence-corrected chi connectivity index (χ3v) is 2.89. The first-order chi connectivity index (χ1) is 8.90. The molecule has 0 aliphatic carbocycles. The summed E-state index contributed by atoms with van der Waals surface area (Å²) in [5.41, 5.74) is 7.61. The molecule has 3 N–H and O–H groups in total. The van der Waals surface area contributed by atoms with E-state index in [9.17, 15) is 4.79 Å². The summed E-state index contributed by atoms with van der Waals surface area (Å²) < 4.78 is 0. The lowest BCUT2D eigenvalue weighted by Crippen LogP contribution is -2.36. The predicted octanol–water partition coefficient (Wildman–Crippen LogP) is 1.73. The first kappa shape index (κ1) is 15.5. The minimum atomic E-state index is -0.108. The van der Waals surface area contributed by atoms with Crippen molar-refractivity contribution in [2.45, 2.75) is 13.0 Å². The Bertz CT molecular complexity index is 418. The zero-order chi connectivity index (χ0) is 14.4. The fourth-order valence-corrected chi connectivity index (χ4v) is 1.57. The van der Waals surface area contributed by atoms with Crippen molar-refractivity contribution in [2.24, 2.45) is 5.73 Å². The zero-order valence-corrected chi connectivity index (χ0v) is 12.2. The Morgan fingerprint density at radius 3 is 2.58 bits per heavy atom. The summed E-state index contributed by atoms with van der Waals surface area (Å²) in [7, 11) is 5.75. The fraction of sp³-hybridized carbons (Fsp3) is 0.500. The SMILES string of the molecule is CC(N)c1cccc(NC(=O)N(C)CCN(C)C)c1. The summed E-state index contributed by atoms with van der Waals surface area (Å²) in [6.07, 6.45) is 0. The molecule has 106 valence electrons. The standard InChI is InChI=1S/C14H24N4O/c1-11(15)12-6-5-7-13(10-12)16-14(19)18(4)9-8-17(2)3/h5-7,10-11H,8-9,15H2,1-4H3,(H,16,19). The highest BCUT2D eigenvalue weighted by Gasteiger charge is 2.09. The minimum absolute atomic E-state index is 0.0386. The lowest BCUT2D eigenvalue weighted by atomic mass is 10.1. The quantitative estimate of drug-likeness (QED) is 0.851. The monoisotopic (exact) mass is 264 g/mol. The molecule has 0 aliphatic heterocycles. The minimum Gasteiger partial charge on any atom is -0.326 e. The number of carbonyl (C=O) groups is 1. The van der Waals surface area contributed by atoms with E-state index in [0.29, 0.717) is 6.54 Å². The number of anilines is 1. The number of benzene rings is 1. The molecule has 0 aromatic heterocycles. The Hall–Kier alpha value is -1.59. The van der Waals surface area contributed by atoms with Crippen LogP contribution in [0.2, 0.25) is 0 Å². The molecule has 0 fully saturated rings. The Morgan fingerprint density at radius 1 is 1.32 bits per heavy atom. The van der Waals surface area contributed by atoms with E-state index in [-0.39, 0.29) is 12.1 Å². The van der Waals surface area contributed by atoms with Gasteiger partial charge in [0.15, 0.2) is 0 Å². The average molecular weight is 264 g/mol. The fourth-order valence-electron chi connectivity index (χ4n) is 1.57. The lowest BCUT2D eigenvalue weighted by molar-refractivity contribution is 0.217. The van der Waals surface area contributed by atoms with Gasteiger partial charge in [-0.1, -0.05) is 12.1 Å². The maximum absolute atomic E-state index is 12.0. The van der Waals surface area contributed by atoms with Gasteiger partial charge < -0.3 is 20.9 Å². The van der Waals surface area contributed by atoms with E-state index in [0.717, 1.165) is 17.8 Å². The second-order valence-corrected chi connectivity index (χ2v) is 5.07. The molecule has 0 spiro atoms. The highest BCUT2D eigenvalue weighted by molar-refractivity contribution is 5.89. The van der Waals surface area contributed by atoms with Gasteiger partial charge in [0.05, 0.1) is 0 Å². The molecule has 1 unspecified atom stereocenters. The van der Waals surface area contributed by atoms with Crippen LogP contribution in [0.1, 0.15) is 18.5 Å². The summed E-state index contributed by atoms with van der Waals surface area (Å²) in [5.74, 6) is 0. The molecule has 0 aliphatic rings. The van der Waals surface area contributed by atoms with Crippen LogP contribution in [-0.2, 0) is 0 Å². The van der Waals surface area contributed by atoms with Gasteiger partial charge in [0.25, 0.3) is 0 Å². The normalized spacial score (nSPS) is 12.3. The molecule has 1 aromatic rings. The maximum Gasteiger partial charge on any atom is 0.321 e. The van der Waals surface area contributed by atoms with Crippen LogP contribution in [0.4, 0.5) is 10.5 Å². The molecule has 0 heterocycles. The molecule has 0 radical (unpaired) electrons. The van der Waals surface area contributed by atoms with Crippen molar-refractivity contribution in [3.8, 4) is 0 Å². The highest BCUT2D eigenvalue weighted by atomic mass is 16.2. The number of hydrogen-bond donors (Lipinski definition) is 2. The van der Waals surface area contributed by atoms with E-state index in [4.69, 9.17) is 5.73 Å². The van der Waals surface area contributed by atoms with Gasteiger partial charge >= 0.3 is 6.03 Å². The maximum atomic E-state index is 12.0. The van der Waals surface area contributed by atoms with Crippen molar-refractivity contribution in [3.05, 3.63) is 29.8 Å². The largest absolute Gasteiger partial charge is 0.326 e. The highest BCUT2D eigenvalue weighted by Crippen LogP contribution is 2.15. The van der Waals surface area contributed by atoms with Crippen molar-refractivity contribution in [1.29, 1.82) is 0 Å². The van der Waals surface area contributed by atoms with Gasteiger partial charge in [0.2, 0.25) is 0 Å². The van der Waals surface area contributed by atoms with E-state index >= 15 is 0 Å². The van der Waals surface area contributed by atoms with E-state index in [1.165, 1.54) is 0 Å². The number of rotatable bonds is 5. The number of hydrogen-bond acceptors (Lipinski definition) is 3. The Labute approximate surface area is 115 Å². The van der Waals surface area contributed by atoms with Gasteiger partial charge in [-0.15, -0.1) is 0 Å². The van der Waals surface area contributed by atoms with Crippen LogP contribution in [0.3, 0.4) is 0 Å². The third kappa shape index (κ3) is 5.28. The van der Waals surface area contributed by atoms with Crippen LogP contribution < -0.4 is 11.1 Å². The van der Waals surface area contributed by atoms with Crippen LogP contribution in [0.15, 0.2) is 24.3 Å². The second kappa shape index (κ2) is 7.11. The summed E-state index contributed by atoms with van der Waals surface area (Å²) in [6, 6.07) is 7.47. The van der Waals surface area contributed by atoms with Crippen molar-refractivity contribution in [1.82, 2.24) is 9.80 Å². The summed E-state index contributed by atoms with van der Waals surface area (Å²) in [4.78, 5) is 15.7. The van der Waals surface area contributed by atoms with Crippen LogP contribution in [0, 0.1) is 0 Å². The van der Waals surface area contributed by atoms with Crippen LogP contribution in [0.25, 0.3) is 0 Å². The van der Waals surface area contributed by atoms with E-state index < -0.39 is 0 Å². The third-order valence-electron chi connectivity index (χ3n) is 2.89. The number of likely N-dealkylation sites (N-methyl/N-ethyl adjacent to an activating group) is 2. The molecule has 19 heavy (non-hydrogen) atoms. The predicted molar refractivity (Wildman–Crippen MR) is 79.2 cm³/mol. The molecule has 1 atom stereocenters. The van der Waals surface area contributed by atoms with Crippen molar-refractivity contribution < 1.29 is 4.79 Å². The van der Waals surface area contributed by atoms with Gasteiger partial charge in [0.1, 0.15) is 0 Å². The van der Waals surface area contributed by atoms with E-state index in [2.05, 4.69) is 5.32 Å². The second-order valence-electron chi connectivity index (χ2n) is 5.07. The molecule has 2 amide bonds. The number of amides is 2. The molecule has 5 heteroatoms. The topological polar surface area (TPSA) is 61.6 Å². The Kier molecular flexibility index (Phi) is 5.79. The van der Waals surface area contributed by atoms with Crippen LogP contribution in [-0.4, -0.2) is 50.1 Å². The average Bonchev–Trinajstić information content (AvgIpc) is 2.36. The summed E-state index contributed by atoms with van der Waals surface area (Å²) in [6.45, 7) is 3.44. The molecule has 1 aromatic carbocycles. The Balaban J connectivity index is 2.58. The number of nitrogens with zero attached hydrogens (tertiary/aromatic N) is 2. The van der Waals surface area contributed by atoms with Gasteiger partial charge in [-0.05, 0) is 38.7 Å². The van der Waals surface area contributed by atoms with Crippen molar-refractivity contribution in [3.63, 3.8) is 0 Å². The molecule has 0 saturated carbocycles. The van der Waals surface area contributed by atoms with Crippen molar-refractivity contribution >= 4 is 11.7 Å². The van der Waals surface area contributed by atoms with E-state index in [1.807, 2.05) is 50.2 Å². The molecule has 1 rings (SSSR count). The summed E-state index contributed by atoms with van der Waals surface area (Å²) in [5, 5.41) is 2.87. The molecule has 0 saturated heterocycles. The first-order valence-electron chi connectivity index (χ1n) is 6.42. The van der Waals surface area contributed by atoms with Gasteiger partial charge in [-0.25, -0.2) is 4.79 Å². The number of nitrogens with one attached hydrogen (secondary N) is 1. The van der Waals surface area contributed by atoms with Crippen molar-refractivity contribution in [2.75, 3.05) is 39.5 Å². The molecule has 5 nitrogen and oxygen atoms in total. The smallest absolute Gasteiger partial charge is 0.321 e. The van der Waals surface area contributed by atoms with Crippen LogP contribution in [0.5, 0.6) is 0 Å². The number of carbonyl (C=O) groups excluding carboxylic acids is 1. The van der Waals surface area contributed by atoms with Gasteiger partial charge in [-0.3, -0.25) is 0 Å². The molecular weight excluding hydrogens is 240 g/mol. The number of urea groups is 1. The molecular formula is C14H24N4O. The lowest BCUT2D eigenvalue weighted by Gasteiger charge is -2.20. The van der Waals surface area contributed by atoms with E-state index in [1.54, 1.807) is 11.9 Å². The van der Waals surface area contributed by atoms with Crippen LogP contribution >= 0.6 is 0 Å². The van der Waals surface area contributed by atoms with Gasteiger partial charge in [-0.2, -0.15) is 0 Å². The number of nitrogens with two attached hydrogens (primary N) is 1. The zero-order valence-electron chi connectivity index (χ0n) is 12.2. The van der Waals surface area contributed by atoms with Gasteiger partial charge in [0, 0.05) is 31.9 Å². The summed E-state index contributed by atoms with van der Waals surface area (Å²) >= 11 is 0. The first-order valence-corrected chi connectivity index (χ1v) is 6.42. The molecule has 0 bridgehead atoms. The Morgan fingerprint density at radius 2 is 2.00 bits per heavy atom.